The van der Waals surface area contributed by atoms with Crippen molar-refractivity contribution in [1.29, 1.82) is 0 Å². The molecule has 1 atom stereocenters. The molecular formula is C9H12ClF3S. The second kappa shape index (κ2) is 4.79. The lowest BCUT2D eigenvalue weighted by Crippen LogP contribution is -2.25. The highest BCUT2D eigenvalue weighted by Gasteiger charge is 2.40. The molecule has 0 saturated heterocycles. The summed E-state index contributed by atoms with van der Waals surface area (Å²) in [5.74, 6) is -1.15. The molecule has 0 saturated carbocycles. The predicted octanol–water partition coefficient (Wildman–Crippen LogP) is 4.55. The lowest BCUT2D eigenvalue weighted by molar-refractivity contribution is -0.176. The van der Waals surface area contributed by atoms with Crippen molar-refractivity contribution in [1.82, 2.24) is 0 Å². The molecular weight excluding hydrogens is 233 g/mol. The topological polar surface area (TPSA) is 0 Å². The van der Waals surface area contributed by atoms with E-state index in [4.69, 9.17) is 11.6 Å². The Kier molecular flexibility index (Phi) is 4.19. The maximum atomic E-state index is 12.4. The summed E-state index contributed by atoms with van der Waals surface area (Å²) in [6.45, 7) is 1.77. The van der Waals surface area contributed by atoms with Crippen molar-refractivity contribution >= 4 is 23.4 Å². The first-order valence-corrected chi connectivity index (χ1v) is 5.91. The lowest BCUT2D eigenvalue weighted by atomic mass is 9.89. The minimum atomic E-state index is -4.04. The molecule has 0 aromatic heterocycles. The Bertz CT molecular complexity index is 235. The van der Waals surface area contributed by atoms with Gasteiger partial charge in [-0.15, -0.1) is 23.4 Å². The quantitative estimate of drug-likeness (QED) is 0.642. The van der Waals surface area contributed by atoms with Crippen molar-refractivity contribution in [3.8, 4) is 0 Å². The number of allylic oxidation sites excluding steroid dienone is 2. The van der Waals surface area contributed by atoms with Crippen LogP contribution in [0.5, 0.6) is 0 Å². The Hall–Kier alpha value is 0.170. The number of thioether (sulfide) groups is 1. The summed E-state index contributed by atoms with van der Waals surface area (Å²) >= 11 is 6.98. The van der Waals surface area contributed by atoms with Gasteiger partial charge in [0, 0.05) is 0 Å². The standard InChI is InChI=1S/C9H12ClF3S/c1-6-4-7(9(11,12)13)2-3-8(6)14-5-10/h7H,2-5H2,1H3. The normalized spacial score (nSPS) is 24.2. The monoisotopic (exact) mass is 244 g/mol. The molecule has 1 aliphatic rings. The molecule has 0 bridgehead atoms. The molecule has 1 aliphatic carbocycles. The first-order valence-electron chi connectivity index (χ1n) is 4.39. The van der Waals surface area contributed by atoms with Gasteiger partial charge in [-0.25, -0.2) is 0 Å². The average Bonchev–Trinajstić information content (AvgIpc) is 2.07. The largest absolute Gasteiger partial charge is 0.392 e. The third-order valence-electron chi connectivity index (χ3n) is 2.44. The molecule has 0 spiro atoms. The third-order valence-corrected chi connectivity index (χ3v) is 3.78. The molecule has 0 N–H and O–H groups in total. The van der Waals surface area contributed by atoms with Gasteiger partial charge in [-0.05, 0) is 31.1 Å². The summed E-state index contributed by atoms with van der Waals surface area (Å²) < 4.78 is 37.1. The van der Waals surface area contributed by atoms with E-state index in [9.17, 15) is 13.2 Å². The molecule has 1 rings (SSSR count). The summed E-state index contributed by atoms with van der Waals surface area (Å²) in [5.41, 5.74) is 0.851. The summed E-state index contributed by atoms with van der Waals surface area (Å²) in [6, 6.07) is 0. The smallest absolute Gasteiger partial charge is 0.171 e. The van der Waals surface area contributed by atoms with E-state index in [1.54, 1.807) is 6.92 Å². The van der Waals surface area contributed by atoms with E-state index in [2.05, 4.69) is 0 Å². The van der Waals surface area contributed by atoms with Gasteiger partial charge < -0.3 is 0 Å². The Morgan fingerprint density at radius 2 is 2.14 bits per heavy atom. The third kappa shape index (κ3) is 3.09. The van der Waals surface area contributed by atoms with E-state index >= 15 is 0 Å². The van der Waals surface area contributed by atoms with Crippen LogP contribution in [0.3, 0.4) is 0 Å². The Morgan fingerprint density at radius 3 is 2.57 bits per heavy atom. The van der Waals surface area contributed by atoms with Crippen molar-refractivity contribution in [3.05, 3.63) is 10.5 Å². The van der Waals surface area contributed by atoms with Gasteiger partial charge >= 0.3 is 6.18 Å². The molecule has 0 amide bonds. The molecule has 0 aliphatic heterocycles. The van der Waals surface area contributed by atoms with Crippen molar-refractivity contribution in [2.45, 2.75) is 32.4 Å². The van der Waals surface area contributed by atoms with Gasteiger partial charge in [-0.2, -0.15) is 13.2 Å². The number of hydrogen-bond acceptors (Lipinski definition) is 1. The van der Waals surface area contributed by atoms with Crippen LogP contribution < -0.4 is 0 Å². The van der Waals surface area contributed by atoms with Crippen molar-refractivity contribution in [2.75, 3.05) is 5.21 Å². The number of alkyl halides is 4. The molecule has 14 heavy (non-hydrogen) atoms. The van der Waals surface area contributed by atoms with E-state index in [0.29, 0.717) is 11.6 Å². The molecule has 0 fully saturated rings. The van der Waals surface area contributed by atoms with Gasteiger partial charge in [-0.3, -0.25) is 0 Å². The predicted molar refractivity (Wildman–Crippen MR) is 54.4 cm³/mol. The van der Waals surface area contributed by atoms with Crippen LogP contribution in [-0.4, -0.2) is 11.4 Å². The minimum absolute atomic E-state index is 0.142. The first kappa shape index (κ1) is 12.2. The lowest BCUT2D eigenvalue weighted by Gasteiger charge is -2.26. The number of hydrogen-bond donors (Lipinski definition) is 0. The maximum absolute atomic E-state index is 12.4. The van der Waals surface area contributed by atoms with Crippen LogP contribution in [0, 0.1) is 5.92 Å². The fourth-order valence-electron chi connectivity index (χ4n) is 1.64. The zero-order chi connectivity index (χ0) is 10.8. The molecule has 82 valence electrons. The van der Waals surface area contributed by atoms with E-state index in [1.165, 1.54) is 11.8 Å². The van der Waals surface area contributed by atoms with Crippen molar-refractivity contribution < 1.29 is 13.2 Å². The highest BCUT2D eigenvalue weighted by molar-refractivity contribution is 8.04. The van der Waals surface area contributed by atoms with Crippen LogP contribution in [0.2, 0.25) is 0 Å². The molecule has 0 nitrogen and oxygen atoms in total. The van der Waals surface area contributed by atoms with Crippen LogP contribution >= 0.6 is 23.4 Å². The van der Waals surface area contributed by atoms with Gasteiger partial charge in [-0.1, -0.05) is 5.57 Å². The highest BCUT2D eigenvalue weighted by Crippen LogP contribution is 2.42. The highest BCUT2D eigenvalue weighted by atomic mass is 35.5. The molecule has 0 aromatic carbocycles. The van der Waals surface area contributed by atoms with E-state index in [-0.39, 0.29) is 12.8 Å². The Balaban J connectivity index is 2.64. The van der Waals surface area contributed by atoms with E-state index in [1.807, 2.05) is 0 Å². The molecule has 0 radical (unpaired) electrons. The molecule has 0 heterocycles. The van der Waals surface area contributed by atoms with E-state index < -0.39 is 12.1 Å². The van der Waals surface area contributed by atoms with Gasteiger partial charge in [0.15, 0.2) is 0 Å². The average molecular weight is 245 g/mol. The van der Waals surface area contributed by atoms with Gasteiger partial charge in [0.05, 0.1) is 11.1 Å². The number of halogens is 4. The fraction of sp³-hybridized carbons (Fsp3) is 0.778. The van der Waals surface area contributed by atoms with Gasteiger partial charge in [0.25, 0.3) is 0 Å². The SMILES string of the molecule is CC1=C(SCCl)CCC(C(F)(F)F)C1. The molecule has 1 unspecified atom stereocenters. The molecule has 0 aromatic rings. The zero-order valence-corrected chi connectivity index (χ0v) is 9.40. The summed E-state index contributed by atoms with van der Waals surface area (Å²) in [5, 5.41) is 0.420. The summed E-state index contributed by atoms with van der Waals surface area (Å²) in [4.78, 5) is 1.04. The first-order chi connectivity index (χ1) is 6.45. The Labute approximate surface area is 90.9 Å². The van der Waals surface area contributed by atoms with Crippen LogP contribution in [0.1, 0.15) is 26.2 Å². The van der Waals surface area contributed by atoms with Crippen LogP contribution in [0.4, 0.5) is 13.2 Å². The van der Waals surface area contributed by atoms with Crippen molar-refractivity contribution in [2.24, 2.45) is 5.92 Å². The van der Waals surface area contributed by atoms with Crippen LogP contribution in [0.25, 0.3) is 0 Å². The fourth-order valence-corrected chi connectivity index (χ4v) is 2.76. The summed E-state index contributed by atoms with van der Waals surface area (Å²) in [6.07, 6.45) is -3.17. The second-order valence-electron chi connectivity index (χ2n) is 3.44. The summed E-state index contributed by atoms with van der Waals surface area (Å²) in [7, 11) is 0. The van der Waals surface area contributed by atoms with Crippen LogP contribution in [0.15, 0.2) is 10.5 Å². The van der Waals surface area contributed by atoms with Gasteiger partial charge in [0.1, 0.15) is 0 Å². The zero-order valence-electron chi connectivity index (χ0n) is 7.83. The van der Waals surface area contributed by atoms with Crippen LogP contribution in [-0.2, 0) is 0 Å². The van der Waals surface area contributed by atoms with Crippen molar-refractivity contribution in [3.63, 3.8) is 0 Å². The second-order valence-corrected chi connectivity index (χ2v) is 5.09. The van der Waals surface area contributed by atoms with Gasteiger partial charge in [0.2, 0.25) is 0 Å². The van der Waals surface area contributed by atoms with E-state index in [0.717, 1.165) is 10.5 Å². The Morgan fingerprint density at radius 1 is 1.50 bits per heavy atom. The minimum Gasteiger partial charge on any atom is -0.171 e. The number of rotatable bonds is 2. The molecule has 5 heteroatoms. The maximum Gasteiger partial charge on any atom is 0.392 e.